The van der Waals surface area contributed by atoms with Crippen LogP contribution in [-0.2, 0) is 0 Å². The van der Waals surface area contributed by atoms with Crippen LogP contribution in [0.1, 0.15) is 0 Å². The van der Waals surface area contributed by atoms with E-state index in [1.807, 2.05) is 0 Å². The topological polar surface area (TPSA) is 220 Å². The molecule has 0 aliphatic rings. The van der Waals surface area contributed by atoms with Gasteiger partial charge in [0, 0.05) is 0 Å². The fourth-order valence-electron chi connectivity index (χ4n) is 0. The molecule has 0 bridgehead atoms. The third-order valence-corrected chi connectivity index (χ3v) is 0. The minimum Gasteiger partial charge on any atom is -1.00 e. The van der Waals surface area contributed by atoms with Crippen LogP contribution in [0.2, 0.25) is 0 Å². The third kappa shape index (κ3) is 376. The van der Waals surface area contributed by atoms with Gasteiger partial charge in [-0.05, 0) is 0 Å². The first-order valence-corrected chi connectivity index (χ1v) is 0. The first kappa shape index (κ1) is 613. The second kappa shape index (κ2) is 485. The molecule has 0 saturated heterocycles. The molecule has 12 heavy (non-hydrogen) atoms. The standard InChI is InChI=1S/3ClH.Li.Mg.7H2O/h3*1H;;;7*1H2/q;;;+1;+2;;;;;;;/p-3. The van der Waals surface area contributed by atoms with Crippen LogP contribution in [0.25, 0.3) is 0 Å². The molecule has 0 aromatic carbocycles. The SMILES string of the molecule is O.O.O.O.O.O.O.[Cl-].[Cl-].[Cl-].[Li+].[Mg+2]. The molecule has 0 fully saturated rings. The van der Waals surface area contributed by atoms with Crippen LogP contribution in [0.3, 0.4) is 0 Å². The van der Waals surface area contributed by atoms with Gasteiger partial charge in [-0.15, -0.1) is 0 Å². The van der Waals surface area contributed by atoms with Crippen LogP contribution in [0.5, 0.6) is 0 Å². The largest absolute Gasteiger partial charge is 2.00 e. The predicted molar refractivity (Wildman–Crippen MR) is 31.1 cm³/mol. The van der Waals surface area contributed by atoms with Gasteiger partial charge in [-0.1, -0.05) is 0 Å². The monoisotopic (exact) mass is 262 g/mol. The molecular formula is H14Cl3LiMgO7. The Hall–Kier alpha value is 1.95. The third-order valence-electron chi connectivity index (χ3n) is 0. The number of rotatable bonds is 0. The van der Waals surface area contributed by atoms with Gasteiger partial charge in [0.25, 0.3) is 0 Å². The molecule has 0 aliphatic carbocycles. The summed E-state index contributed by atoms with van der Waals surface area (Å²) in [4.78, 5) is 0. The summed E-state index contributed by atoms with van der Waals surface area (Å²) in [6.45, 7) is 0. The molecule has 0 amide bonds. The maximum Gasteiger partial charge on any atom is 2.00 e. The van der Waals surface area contributed by atoms with Crippen molar-refractivity contribution in [3.8, 4) is 0 Å². The Balaban J connectivity index is 0. The van der Waals surface area contributed by atoms with Gasteiger partial charge in [0.1, 0.15) is 0 Å². The maximum absolute atomic E-state index is 0. The van der Waals surface area contributed by atoms with Gasteiger partial charge in [-0.2, -0.15) is 0 Å². The smallest absolute Gasteiger partial charge is 1.00 e. The summed E-state index contributed by atoms with van der Waals surface area (Å²) < 4.78 is 0. The Bertz CT molecular complexity index is 18.6. The Labute approximate surface area is 117 Å². The molecule has 0 saturated carbocycles. The normalized spacial score (nSPS) is 0. The summed E-state index contributed by atoms with van der Waals surface area (Å²) in [6.07, 6.45) is 0. The van der Waals surface area contributed by atoms with Crippen LogP contribution in [-0.4, -0.2) is 61.4 Å². The molecule has 0 unspecified atom stereocenters. The zero-order valence-electron chi connectivity index (χ0n) is 6.34. The van der Waals surface area contributed by atoms with E-state index < -0.39 is 0 Å². The van der Waals surface area contributed by atoms with E-state index >= 15 is 0 Å². The molecule has 0 heterocycles. The van der Waals surface area contributed by atoms with E-state index in [0.717, 1.165) is 0 Å². The van der Waals surface area contributed by atoms with Crippen LogP contribution in [0.15, 0.2) is 0 Å². The van der Waals surface area contributed by atoms with Gasteiger partial charge >= 0.3 is 41.9 Å². The Morgan fingerprint density at radius 2 is 0.333 bits per heavy atom. The van der Waals surface area contributed by atoms with Crippen molar-refractivity contribution in [2.75, 3.05) is 0 Å². The fourth-order valence-corrected chi connectivity index (χ4v) is 0. The van der Waals surface area contributed by atoms with Crippen molar-refractivity contribution in [1.82, 2.24) is 0 Å². The first-order valence-electron chi connectivity index (χ1n) is 0. The van der Waals surface area contributed by atoms with E-state index in [1.54, 1.807) is 0 Å². The van der Waals surface area contributed by atoms with Crippen LogP contribution in [0, 0.1) is 0 Å². The van der Waals surface area contributed by atoms with E-state index in [2.05, 4.69) is 0 Å². The van der Waals surface area contributed by atoms with Gasteiger partial charge in [0.05, 0.1) is 0 Å². The zero-order valence-corrected chi connectivity index (χ0v) is 10.0. The van der Waals surface area contributed by atoms with Gasteiger partial charge < -0.3 is 75.6 Å². The Morgan fingerprint density at radius 1 is 0.333 bits per heavy atom. The maximum atomic E-state index is 0. The van der Waals surface area contributed by atoms with Crippen molar-refractivity contribution in [1.29, 1.82) is 0 Å². The molecule has 0 aromatic rings. The molecule has 7 nitrogen and oxygen atoms in total. The van der Waals surface area contributed by atoms with Crippen molar-refractivity contribution in [2.24, 2.45) is 0 Å². The summed E-state index contributed by atoms with van der Waals surface area (Å²) in [5.74, 6) is 0. The molecule has 80 valence electrons. The van der Waals surface area contributed by atoms with Crippen molar-refractivity contribution in [3.05, 3.63) is 0 Å². The molecule has 0 aliphatic heterocycles. The zero-order chi connectivity index (χ0) is 0. The van der Waals surface area contributed by atoms with E-state index in [0.29, 0.717) is 0 Å². The molecule has 0 spiro atoms. The molecule has 0 atom stereocenters. The van der Waals surface area contributed by atoms with Crippen molar-refractivity contribution >= 4 is 23.1 Å². The molecular weight excluding hydrogens is 250 g/mol. The Morgan fingerprint density at radius 3 is 0.333 bits per heavy atom. The summed E-state index contributed by atoms with van der Waals surface area (Å²) in [6, 6.07) is 0. The van der Waals surface area contributed by atoms with Crippen LogP contribution >= 0.6 is 0 Å². The van der Waals surface area contributed by atoms with Crippen LogP contribution in [0.4, 0.5) is 0 Å². The van der Waals surface area contributed by atoms with Gasteiger partial charge in [0.2, 0.25) is 0 Å². The Kier molecular flexibility index (Phi) is 24800. The van der Waals surface area contributed by atoms with Gasteiger partial charge in [-0.3, -0.25) is 0 Å². The van der Waals surface area contributed by atoms with Crippen LogP contribution < -0.4 is 56.1 Å². The van der Waals surface area contributed by atoms with E-state index in [9.17, 15) is 0 Å². The molecule has 14 N–H and O–H groups in total. The summed E-state index contributed by atoms with van der Waals surface area (Å²) in [5.41, 5.74) is 0. The number of hydrogen-bond donors (Lipinski definition) is 0. The minimum absolute atomic E-state index is 0. The molecule has 0 radical (unpaired) electrons. The summed E-state index contributed by atoms with van der Waals surface area (Å²) >= 11 is 0. The van der Waals surface area contributed by atoms with Crippen molar-refractivity contribution in [3.63, 3.8) is 0 Å². The second-order valence-electron chi connectivity index (χ2n) is 0. The average Bonchev–Trinajstić information content (AvgIpc) is 0. The number of halogens is 3. The summed E-state index contributed by atoms with van der Waals surface area (Å²) in [5, 5.41) is 0. The fraction of sp³-hybridized carbons (Fsp3) is 0. The molecule has 0 rings (SSSR count). The predicted octanol–water partition coefficient (Wildman–Crippen LogP) is -18.1. The van der Waals surface area contributed by atoms with E-state index in [-0.39, 0.29) is 117 Å². The van der Waals surface area contributed by atoms with E-state index in [4.69, 9.17) is 0 Å². The number of hydrogen-bond acceptors (Lipinski definition) is 0. The van der Waals surface area contributed by atoms with Crippen molar-refractivity contribution in [2.45, 2.75) is 0 Å². The van der Waals surface area contributed by atoms with Crippen molar-refractivity contribution < 1.29 is 94.4 Å². The first-order chi connectivity index (χ1) is 0. The minimum atomic E-state index is 0. The quantitative estimate of drug-likeness (QED) is 0.371. The van der Waals surface area contributed by atoms with Gasteiger partial charge in [-0.25, -0.2) is 0 Å². The molecule has 12 heteroatoms. The second-order valence-corrected chi connectivity index (χ2v) is 0. The van der Waals surface area contributed by atoms with E-state index in [1.165, 1.54) is 0 Å². The van der Waals surface area contributed by atoms with Gasteiger partial charge in [0.15, 0.2) is 0 Å². The molecule has 0 aromatic heterocycles. The summed E-state index contributed by atoms with van der Waals surface area (Å²) in [7, 11) is 0. The average molecular weight is 264 g/mol.